The molecule has 0 atom stereocenters. The van der Waals surface area contributed by atoms with E-state index in [1.54, 1.807) is 36.4 Å². The molecular weight excluding hydrogens is 396 g/mol. The van der Waals surface area contributed by atoms with Gasteiger partial charge < -0.3 is 18.3 Å². The van der Waals surface area contributed by atoms with Gasteiger partial charge in [0.1, 0.15) is 24.7 Å². The first-order valence-corrected chi connectivity index (χ1v) is 9.79. The van der Waals surface area contributed by atoms with E-state index in [0.29, 0.717) is 11.5 Å². The van der Waals surface area contributed by atoms with Crippen LogP contribution in [0.25, 0.3) is 12.2 Å². The van der Waals surface area contributed by atoms with Crippen LogP contribution in [0.3, 0.4) is 0 Å². The number of hydrogen-bond donors (Lipinski definition) is 0. The summed E-state index contributed by atoms with van der Waals surface area (Å²) in [6, 6.07) is 8.97. The smallest absolute Gasteiger partial charge is 0.331 e. The number of hydrogen-bond acceptors (Lipinski definition) is 6. The number of carbonyl (C=O) groups excluding carboxylic acids is 2. The van der Waals surface area contributed by atoms with Crippen molar-refractivity contribution in [3.05, 3.63) is 94.3 Å². The largest absolute Gasteiger partial charge is 0.465 e. The monoisotopic (exact) mass is 420 g/mol. The minimum absolute atomic E-state index is 0.124. The van der Waals surface area contributed by atoms with Crippen LogP contribution in [0.5, 0.6) is 0 Å². The van der Waals surface area contributed by atoms with Crippen LogP contribution in [0, 0.1) is 20.8 Å². The molecule has 6 heteroatoms. The summed E-state index contributed by atoms with van der Waals surface area (Å²) in [6.07, 6.45) is 8.82. The number of ether oxygens (including phenoxy) is 2. The van der Waals surface area contributed by atoms with Gasteiger partial charge in [-0.2, -0.15) is 0 Å². The van der Waals surface area contributed by atoms with Gasteiger partial charge in [0, 0.05) is 12.2 Å². The first-order valence-electron chi connectivity index (χ1n) is 9.79. The molecule has 0 fully saturated rings. The van der Waals surface area contributed by atoms with E-state index in [1.165, 1.54) is 24.7 Å². The van der Waals surface area contributed by atoms with Crippen molar-refractivity contribution >= 4 is 24.1 Å². The number of benzene rings is 1. The second-order valence-corrected chi connectivity index (χ2v) is 7.01. The van der Waals surface area contributed by atoms with Gasteiger partial charge in [0.2, 0.25) is 0 Å². The SMILES string of the molecule is Cc1cc(C)c(COC(=O)/C=C/c2ccco2)c(C)c1COC(=O)/C=C/c1ccco1. The van der Waals surface area contributed by atoms with E-state index < -0.39 is 11.9 Å². The van der Waals surface area contributed by atoms with Gasteiger partial charge in [-0.25, -0.2) is 9.59 Å². The molecule has 0 N–H and O–H groups in total. The van der Waals surface area contributed by atoms with Gasteiger partial charge in [0.25, 0.3) is 0 Å². The van der Waals surface area contributed by atoms with Gasteiger partial charge in [0.15, 0.2) is 0 Å². The zero-order chi connectivity index (χ0) is 22.2. The highest BCUT2D eigenvalue weighted by molar-refractivity contribution is 5.87. The molecule has 0 bridgehead atoms. The molecule has 0 saturated heterocycles. The molecule has 0 radical (unpaired) electrons. The lowest BCUT2D eigenvalue weighted by molar-refractivity contribution is -0.139. The first kappa shape index (κ1) is 21.9. The van der Waals surface area contributed by atoms with Gasteiger partial charge in [-0.1, -0.05) is 6.07 Å². The molecule has 6 nitrogen and oxygen atoms in total. The number of esters is 2. The van der Waals surface area contributed by atoms with Gasteiger partial charge in [0.05, 0.1) is 12.5 Å². The molecule has 0 amide bonds. The molecule has 2 aromatic heterocycles. The normalized spacial score (nSPS) is 11.3. The van der Waals surface area contributed by atoms with E-state index in [4.69, 9.17) is 18.3 Å². The Kier molecular flexibility index (Phi) is 7.27. The Hall–Kier alpha value is -3.80. The summed E-state index contributed by atoms with van der Waals surface area (Å²) < 4.78 is 21.1. The third-order valence-electron chi connectivity index (χ3n) is 4.86. The summed E-state index contributed by atoms with van der Waals surface area (Å²) in [5, 5.41) is 0. The molecule has 2 heterocycles. The van der Waals surface area contributed by atoms with Gasteiger partial charge in [-0.05, 0) is 85.0 Å². The van der Waals surface area contributed by atoms with E-state index >= 15 is 0 Å². The van der Waals surface area contributed by atoms with Gasteiger partial charge >= 0.3 is 11.9 Å². The molecule has 0 spiro atoms. The highest BCUT2D eigenvalue weighted by atomic mass is 16.5. The lowest BCUT2D eigenvalue weighted by Crippen LogP contribution is -2.09. The minimum atomic E-state index is -0.466. The molecule has 0 aliphatic rings. The van der Waals surface area contributed by atoms with Crippen LogP contribution < -0.4 is 0 Å². The van der Waals surface area contributed by atoms with Crippen LogP contribution >= 0.6 is 0 Å². The standard InChI is InChI=1S/C25H24O6/c1-17-14-18(2)23(16-31-25(27)11-9-21-7-5-13-29-21)19(3)22(17)15-30-24(26)10-8-20-6-4-12-28-20/h4-14H,15-16H2,1-3H3/b10-8+,11-9+. The lowest BCUT2D eigenvalue weighted by Gasteiger charge is -2.17. The molecular formula is C25H24O6. The van der Waals surface area contributed by atoms with Crippen LogP contribution in [0.2, 0.25) is 0 Å². The average Bonchev–Trinajstić information content (AvgIpc) is 3.44. The molecule has 0 aliphatic heterocycles. The van der Waals surface area contributed by atoms with Gasteiger partial charge in [-0.3, -0.25) is 0 Å². The maximum atomic E-state index is 12.0. The fourth-order valence-electron chi connectivity index (χ4n) is 3.17. The number of rotatable bonds is 8. The number of carbonyl (C=O) groups is 2. The second kappa shape index (κ2) is 10.3. The summed E-state index contributed by atoms with van der Waals surface area (Å²) in [5.74, 6) is 0.216. The molecule has 31 heavy (non-hydrogen) atoms. The topological polar surface area (TPSA) is 78.9 Å². The maximum Gasteiger partial charge on any atom is 0.331 e. The van der Waals surface area contributed by atoms with E-state index in [2.05, 4.69) is 0 Å². The van der Waals surface area contributed by atoms with Gasteiger partial charge in [-0.15, -0.1) is 0 Å². The Morgan fingerprint density at radius 2 is 1.26 bits per heavy atom. The molecule has 3 rings (SSSR count). The Labute approximate surface area is 180 Å². The summed E-state index contributed by atoms with van der Waals surface area (Å²) in [4.78, 5) is 24.1. The van der Waals surface area contributed by atoms with Crippen LogP contribution in [0.1, 0.15) is 39.3 Å². The number of furan rings is 2. The van der Waals surface area contributed by atoms with Crippen molar-refractivity contribution in [2.45, 2.75) is 34.0 Å². The maximum absolute atomic E-state index is 12.0. The van der Waals surface area contributed by atoms with E-state index in [-0.39, 0.29) is 13.2 Å². The van der Waals surface area contributed by atoms with Crippen LogP contribution in [0.15, 0.2) is 63.8 Å². The van der Waals surface area contributed by atoms with E-state index in [9.17, 15) is 9.59 Å². The Morgan fingerprint density at radius 1 is 0.806 bits per heavy atom. The fourth-order valence-corrected chi connectivity index (χ4v) is 3.17. The Bertz CT molecular complexity index is 1000. The first-order chi connectivity index (χ1) is 14.9. The Morgan fingerprint density at radius 3 is 1.65 bits per heavy atom. The van der Waals surface area contributed by atoms with Crippen molar-refractivity contribution in [3.8, 4) is 0 Å². The summed E-state index contributed by atoms with van der Waals surface area (Å²) in [6.45, 7) is 6.11. The molecule has 160 valence electrons. The van der Waals surface area contributed by atoms with Crippen molar-refractivity contribution in [3.63, 3.8) is 0 Å². The average molecular weight is 420 g/mol. The molecule has 0 aliphatic carbocycles. The molecule has 1 aromatic carbocycles. The summed E-state index contributed by atoms with van der Waals surface area (Å²) >= 11 is 0. The summed E-state index contributed by atoms with van der Waals surface area (Å²) in [7, 11) is 0. The summed E-state index contributed by atoms with van der Waals surface area (Å²) in [5.41, 5.74) is 4.73. The molecule has 3 aromatic rings. The third kappa shape index (κ3) is 6.09. The predicted molar refractivity (Wildman–Crippen MR) is 116 cm³/mol. The molecule has 0 saturated carbocycles. The quantitative estimate of drug-likeness (QED) is 0.363. The van der Waals surface area contributed by atoms with Crippen molar-refractivity contribution in [2.75, 3.05) is 0 Å². The lowest BCUT2D eigenvalue weighted by atomic mass is 9.94. The zero-order valence-corrected chi connectivity index (χ0v) is 17.7. The highest BCUT2D eigenvalue weighted by Gasteiger charge is 2.14. The Balaban J connectivity index is 1.63. The number of aryl methyl sites for hydroxylation is 2. The van der Waals surface area contributed by atoms with Crippen molar-refractivity contribution in [2.24, 2.45) is 0 Å². The van der Waals surface area contributed by atoms with E-state index in [0.717, 1.165) is 27.8 Å². The minimum Gasteiger partial charge on any atom is -0.465 e. The van der Waals surface area contributed by atoms with E-state index in [1.807, 2.05) is 26.8 Å². The van der Waals surface area contributed by atoms with Crippen LogP contribution in [-0.2, 0) is 32.3 Å². The van der Waals surface area contributed by atoms with Crippen LogP contribution in [-0.4, -0.2) is 11.9 Å². The highest BCUT2D eigenvalue weighted by Crippen LogP contribution is 2.24. The zero-order valence-electron chi connectivity index (χ0n) is 17.7. The fraction of sp³-hybridized carbons (Fsp3) is 0.200. The van der Waals surface area contributed by atoms with Crippen molar-refractivity contribution in [1.29, 1.82) is 0 Å². The van der Waals surface area contributed by atoms with Crippen LogP contribution in [0.4, 0.5) is 0 Å². The predicted octanol–water partition coefficient (Wildman–Crippen LogP) is 5.31. The molecule has 0 unspecified atom stereocenters. The second-order valence-electron chi connectivity index (χ2n) is 7.01. The van der Waals surface area contributed by atoms with Crippen molar-refractivity contribution < 1.29 is 27.9 Å². The third-order valence-corrected chi connectivity index (χ3v) is 4.86. The van der Waals surface area contributed by atoms with Crippen molar-refractivity contribution in [1.82, 2.24) is 0 Å².